The molecule has 0 unspecified atom stereocenters. The van der Waals surface area contributed by atoms with Gasteiger partial charge in [-0.15, -0.1) is 0 Å². The number of anilines is 1. The van der Waals surface area contributed by atoms with Gasteiger partial charge >= 0.3 is 0 Å². The Morgan fingerprint density at radius 2 is 2.00 bits per heavy atom. The number of hydrogen-bond donors (Lipinski definition) is 2. The summed E-state index contributed by atoms with van der Waals surface area (Å²) < 4.78 is 51.5. The maximum absolute atomic E-state index is 13.3. The van der Waals surface area contributed by atoms with Crippen molar-refractivity contribution in [1.82, 2.24) is 5.32 Å². The maximum atomic E-state index is 13.3. The quantitative estimate of drug-likeness (QED) is 0.827. The lowest BCUT2D eigenvalue weighted by Gasteiger charge is -2.09. The molecule has 100 valence electrons. The van der Waals surface area contributed by atoms with E-state index < -0.39 is 21.7 Å². The Balaban J connectivity index is 1.95. The van der Waals surface area contributed by atoms with Crippen molar-refractivity contribution < 1.29 is 17.2 Å². The summed E-state index contributed by atoms with van der Waals surface area (Å²) in [6, 6.07) is 3.77. The normalized spacial score (nSPS) is 15.7. The average Bonchev–Trinajstić information content (AvgIpc) is 3.08. The predicted molar refractivity (Wildman–Crippen MR) is 64.8 cm³/mol. The van der Waals surface area contributed by atoms with E-state index in [1.165, 1.54) is 12.1 Å². The minimum Gasteiger partial charge on any atom is -0.313 e. The summed E-state index contributed by atoms with van der Waals surface area (Å²) in [5.41, 5.74) is -0.360. The van der Waals surface area contributed by atoms with Crippen molar-refractivity contribution >= 4 is 15.7 Å². The molecule has 18 heavy (non-hydrogen) atoms. The number of halogens is 2. The Bertz CT molecular complexity index is 530. The minimum absolute atomic E-state index is 0.167. The highest BCUT2D eigenvalue weighted by Crippen LogP contribution is 2.19. The summed E-state index contributed by atoms with van der Waals surface area (Å²) in [6.07, 6.45) is 2.12. The van der Waals surface area contributed by atoms with Gasteiger partial charge in [-0.05, 0) is 25.0 Å². The van der Waals surface area contributed by atoms with Crippen LogP contribution in [0.3, 0.4) is 0 Å². The molecule has 4 nitrogen and oxygen atoms in total. The van der Waals surface area contributed by atoms with Crippen molar-refractivity contribution in [2.45, 2.75) is 18.9 Å². The third-order valence-electron chi connectivity index (χ3n) is 2.60. The molecule has 0 spiro atoms. The lowest BCUT2D eigenvalue weighted by atomic mass is 10.3. The van der Waals surface area contributed by atoms with Crippen LogP contribution in [-0.2, 0) is 10.0 Å². The summed E-state index contributed by atoms with van der Waals surface area (Å²) >= 11 is 0. The molecule has 1 aliphatic rings. The van der Waals surface area contributed by atoms with Gasteiger partial charge in [-0.2, -0.15) is 0 Å². The van der Waals surface area contributed by atoms with Gasteiger partial charge in [0.25, 0.3) is 0 Å². The van der Waals surface area contributed by atoms with E-state index in [0.29, 0.717) is 12.6 Å². The topological polar surface area (TPSA) is 58.2 Å². The molecule has 7 heteroatoms. The lowest BCUT2D eigenvalue weighted by molar-refractivity contribution is 0.511. The Hall–Kier alpha value is -1.21. The van der Waals surface area contributed by atoms with Gasteiger partial charge in [0.15, 0.2) is 11.6 Å². The summed E-state index contributed by atoms with van der Waals surface area (Å²) in [5, 5.41) is 3.04. The monoisotopic (exact) mass is 276 g/mol. The largest absolute Gasteiger partial charge is 0.313 e. The summed E-state index contributed by atoms with van der Waals surface area (Å²) in [6.45, 7) is 0.303. The van der Waals surface area contributed by atoms with Crippen LogP contribution < -0.4 is 10.0 Å². The van der Waals surface area contributed by atoms with Crippen LogP contribution in [0.5, 0.6) is 0 Å². The molecule has 0 amide bonds. The third-order valence-corrected chi connectivity index (χ3v) is 3.87. The van der Waals surface area contributed by atoms with Crippen molar-refractivity contribution in [1.29, 1.82) is 0 Å². The molecule has 1 aromatic carbocycles. The predicted octanol–water partition coefficient (Wildman–Crippen LogP) is 1.46. The van der Waals surface area contributed by atoms with E-state index in [2.05, 4.69) is 5.32 Å². The van der Waals surface area contributed by atoms with Crippen LogP contribution in [0.1, 0.15) is 12.8 Å². The summed E-state index contributed by atoms with van der Waals surface area (Å²) in [7, 11) is -3.66. The first-order valence-electron chi connectivity index (χ1n) is 5.66. The molecular weight excluding hydrogens is 262 g/mol. The molecule has 1 fully saturated rings. The maximum Gasteiger partial charge on any atom is 0.234 e. The Kier molecular flexibility index (Phi) is 3.82. The highest BCUT2D eigenvalue weighted by Gasteiger charge is 2.21. The molecule has 0 radical (unpaired) electrons. The van der Waals surface area contributed by atoms with Crippen LogP contribution in [0.2, 0.25) is 0 Å². The van der Waals surface area contributed by atoms with E-state index in [4.69, 9.17) is 0 Å². The average molecular weight is 276 g/mol. The van der Waals surface area contributed by atoms with Crippen LogP contribution in [0, 0.1) is 11.6 Å². The van der Waals surface area contributed by atoms with E-state index in [1.807, 2.05) is 4.72 Å². The molecule has 1 saturated carbocycles. The van der Waals surface area contributed by atoms with Crippen LogP contribution in [0.15, 0.2) is 18.2 Å². The zero-order valence-electron chi connectivity index (χ0n) is 9.62. The van der Waals surface area contributed by atoms with E-state index in [9.17, 15) is 17.2 Å². The van der Waals surface area contributed by atoms with E-state index in [0.717, 1.165) is 18.9 Å². The van der Waals surface area contributed by atoms with E-state index in [1.54, 1.807) is 0 Å². The van der Waals surface area contributed by atoms with Crippen LogP contribution in [0.25, 0.3) is 0 Å². The molecule has 0 aromatic heterocycles. The standard InChI is InChI=1S/C11H14F2N2O2S/c12-9-2-1-3-10(11(9)13)15-18(16,17)7-6-14-8-4-5-8/h1-3,8,14-15H,4-7H2. The van der Waals surface area contributed by atoms with Gasteiger partial charge in [0, 0.05) is 12.6 Å². The molecule has 0 heterocycles. The van der Waals surface area contributed by atoms with Crippen LogP contribution >= 0.6 is 0 Å². The molecule has 0 bridgehead atoms. The molecule has 0 atom stereocenters. The lowest BCUT2D eigenvalue weighted by Crippen LogP contribution is -2.28. The first kappa shape index (κ1) is 13.2. The Morgan fingerprint density at radius 1 is 1.28 bits per heavy atom. The number of nitrogens with one attached hydrogen (secondary N) is 2. The van der Waals surface area contributed by atoms with Gasteiger partial charge in [0.2, 0.25) is 10.0 Å². The molecule has 2 N–H and O–H groups in total. The van der Waals surface area contributed by atoms with Gasteiger partial charge in [-0.25, -0.2) is 17.2 Å². The molecule has 1 aromatic rings. The van der Waals surface area contributed by atoms with E-state index in [-0.39, 0.29) is 11.4 Å². The first-order chi connectivity index (χ1) is 8.48. The van der Waals surface area contributed by atoms with Crippen molar-refractivity contribution in [3.8, 4) is 0 Å². The fraction of sp³-hybridized carbons (Fsp3) is 0.455. The number of rotatable bonds is 6. The number of hydrogen-bond acceptors (Lipinski definition) is 3. The van der Waals surface area contributed by atoms with Crippen LogP contribution in [0.4, 0.5) is 14.5 Å². The van der Waals surface area contributed by atoms with Gasteiger partial charge in [-0.1, -0.05) is 6.07 Å². The molecular formula is C11H14F2N2O2S. The van der Waals surface area contributed by atoms with Crippen molar-refractivity contribution in [3.63, 3.8) is 0 Å². The van der Waals surface area contributed by atoms with Crippen molar-refractivity contribution in [3.05, 3.63) is 29.8 Å². The highest BCUT2D eigenvalue weighted by molar-refractivity contribution is 7.92. The second-order valence-corrected chi connectivity index (χ2v) is 6.09. The molecule has 0 aliphatic heterocycles. The fourth-order valence-electron chi connectivity index (χ4n) is 1.49. The van der Waals surface area contributed by atoms with Crippen LogP contribution in [-0.4, -0.2) is 26.8 Å². The van der Waals surface area contributed by atoms with Crippen molar-refractivity contribution in [2.24, 2.45) is 0 Å². The molecule has 2 rings (SSSR count). The summed E-state index contributed by atoms with van der Waals surface area (Å²) in [4.78, 5) is 0. The third kappa shape index (κ3) is 3.64. The zero-order chi connectivity index (χ0) is 13.2. The fourth-order valence-corrected chi connectivity index (χ4v) is 2.47. The zero-order valence-corrected chi connectivity index (χ0v) is 10.4. The summed E-state index contributed by atoms with van der Waals surface area (Å²) in [5.74, 6) is -2.43. The van der Waals surface area contributed by atoms with Gasteiger partial charge < -0.3 is 5.32 Å². The smallest absolute Gasteiger partial charge is 0.234 e. The molecule has 0 saturated heterocycles. The first-order valence-corrected chi connectivity index (χ1v) is 7.31. The number of benzene rings is 1. The van der Waals surface area contributed by atoms with Crippen molar-refractivity contribution in [2.75, 3.05) is 17.0 Å². The molecule has 1 aliphatic carbocycles. The van der Waals surface area contributed by atoms with Gasteiger partial charge in [-0.3, -0.25) is 4.72 Å². The second kappa shape index (κ2) is 5.19. The number of sulfonamides is 1. The van der Waals surface area contributed by atoms with Gasteiger partial charge in [0.1, 0.15) is 0 Å². The highest BCUT2D eigenvalue weighted by atomic mass is 32.2. The minimum atomic E-state index is -3.66. The van der Waals surface area contributed by atoms with Gasteiger partial charge in [0.05, 0.1) is 11.4 Å². The second-order valence-electron chi connectivity index (χ2n) is 4.25. The Labute approximate surface area is 104 Å². The Morgan fingerprint density at radius 3 is 2.67 bits per heavy atom. The van der Waals surface area contributed by atoms with E-state index >= 15 is 0 Å². The SMILES string of the molecule is O=S(=O)(CCNC1CC1)Nc1cccc(F)c1F.